The monoisotopic (exact) mass is 254 g/mol. The minimum atomic E-state index is -0.423. The smallest absolute Gasteiger partial charge is 0.337 e. The van der Waals surface area contributed by atoms with Crippen molar-refractivity contribution in [3.05, 3.63) is 34.9 Å². The molecular weight excluding hydrogens is 244 g/mol. The van der Waals surface area contributed by atoms with Crippen LogP contribution in [0, 0.1) is 0 Å². The number of imidazole rings is 1. The van der Waals surface area contributed by atoms with Gasteiger partial charge in [-0.2, -0.15) is 0 Å². The Hall–Kier alpha value is -1.59. The minimum absolute atomic E-state index is 0.00576. The van der Waals surface area contributed by atoms with Crippen molar-refractivity contribution < 1.29 is 14.6 Å². The zero-order valence-corrected chi connectivity index (χ0v) is 9.94. The molecule has 5 nitrogen and oxygen atoms in total. The molecule has 1 N–H and O–H groups in total. The molecule has 90 valence electrons. The second kappa shape index (κ2) is 4.73. The van der Waals surface area contributed by atoms with Gasteiger partial charge in [0.15, 0.2) is 5.15 Å². The van der Waals surface area contributed by atoms with E-state index in [0.29, 0.717) is 28.5 Å². The fourth-order valence-electron chi connectivity index (χ4n) is 1.63. The average Bonchev–Trinajstić information content (AvgIpc) is 2.65. The molecule has 0 spiro atoms. The molecule has 17 heavy (non-hydrogen) atoms. The van der Waals surface area contributed by atoms with Crippen LogP contribution in [0.25, 0.3) is 5.52 Å². The summed E-state index contributed by atoms with van der Waals surface area (Å²) in [6.45, 7) is -0.00576. The lowest BCUT2D eigenvalue weighted by Crippen LogP contribution is -2.03. The Morgan fingerprint density at radius 2 is 2.41 bits per heavy atom. The van der Waals surface area contributed by atoms with Crippen molar-refractivity contribution in [3.8, 4) is 0 Å². The number of aromatic nitrogens is 2. The van der Waals surface area contributed by atoms with E-state index in [1.807, 2.05) is 0 Å². The highest BCUT2D eigenvalue weighted by atomic mass is 35.5. The molecule has 0 unspecified atom stereocenters. The summed E-state index contributed by atoms with van der Waals surface area (Å²) >= 11 is 5.97. The third-order valence-corrected chi connectivity index (χ3v) is 2.71. The molecule has 0 radical (unpaired) electrons. The van der Waals surface area contributed by atoms with Crippen LogP contribution in [0.3, 0.4) is 0 Å². The van der Waals surface area contributed by atoms with Gasteiger partial charge >= 0.3 is 5.97 Å². The van der Waals surface area contributed by atoms with Crippen LogP contribution in [0.5, 0.6) is 0 Å². The number of halogens is 1. The van der Waals surface area contributed by atoms with Gasteiger partial charge in [-0.1, -0.05) is 11.6 Å². The predicted octanol–water partition coefficient (Wildman–Crippen LogP) is 1.31. The standard InChI is InChI=1S/C11H11ClN2O3/c1-17-11(16)7-2-4-14-8(6-7)10(12)13-9(14)3-5-15/h2,4,6,15H,3,5H2,1H3. The van der Waals surface area contributed by atoms with Crippen molar-refractivity contribution in [3.63, 3.8) is 0 Å². The first-order chi connectivity index (χ1) is 8.17. The zero-order chi connectivity index (χ0) is 12.4. The largest absolute Gasteiger partial charge is 0.465 e. The van der Waals surface area contributed by atoms with E-state index in [2.05, 4.69) is 9.72 Å². The number of methoxy groups -OCH3 is 1. The van der Waals surface area contributed by atoms with Crippen molar-refractivity contribution in [2.45, 2.75) is 6.42 Å². The summed E-state index contributed by atoms with van der Waals surface area (Å²) < 4.78 is 6.37. The number of hydrogen-bond donors (Lipinski definition) is 1. The SMILES string of the molecule is COC(=O)c1ccn2c(CCO)nc(Cl)c2c1. The molecule has 0 aromatic carbocycles. The number of aliphatic hydroxyl groups excluding tert-OH is 1. The number of carbonyl (C=O) groups excluding carboxylic acids is 1. The third kappa shape index (κ3) is 2.11. The van der Waals surface area contributed by atoms with Crippen LogP contribution < -0.4 is 0 Å². The number of fused-ring (bicyclic) bond motifs is 1. The summed E-state index contributed by atoms with van der Waals surface area (Å²) in [5, 5.41) is 9.20. The Morgan fingerprint density at radius 3 is 3.06 bits per heavy atom. The first-order valence-electron chi connectivity index (χ1n) is 5.03. The van der Waals surface area contributed by atoms with Gasteiger partial charge in [0.05, 0.1) is 24.8 Å². The molecule has 2 heterocycles. The van der Waals surface area contributed by atoms with Crippen molar-refractivity contribution in [1.82, 2.24) is 9.38 Å². The topological polar surface area (TPSA) is 63.8 Å². The summed E-state index contributed by atoms with van der Waals surface area (Å²) in [4.78, 5) is 15.5. The number of ether oxygens (including phenoxy) is 1. The van der Waals surface area contributed by atoms with E-state index in [0.717, 1.165) is 0 Å². The van der Waals surface area contributed by atoms with Crippen LogP contribution in [0.15, 0.2) is 18.3 Å². The van der Waals surface area contributed by atoms with Crippen molar-refractivity contribution in [2.75, 3.05) is 13.7 Å². The lowest BCUT2D eigenvalue weighted by atomic mass is 10.2. The van der Waals surface area contributed by atoms with Crippen LogP contribution in [0.1, 0.15) is 16.2 Å². The second-order valence-corrected chi connectivity index (χ2v) is 3.81. The Morgan fingerprint density at radius 1 is 1.65 bits per heavy atom. The zero-order valence-electron chi connectivity index (χ0n) is 9.18. The molecule has 6 heteroatoms. The van der Waals surface area contributed by atoms with Gasteiger partial charge in [-0.05, 0) is 12.1 Å². The summed E-state index contributed by atoms with van der Waals surface area (Å²) in [6, 6.07) is 3.24. The molecule has 0 saturated heterocycles. The van der Waals surface area contributed by atoms with Gasteiger partial charge in [0.25, 0.3) is 0 Å². The maximum Gasteiger partial charge on any atom is 0.337 e. The first kappa shape index (κ1) is 11.9. The van der Waals surface area contributed by atoms with Gasteiger partial charge < -0.3 is 14.2 Å². The highest BCUT2D eigenvalue weighted by molar-refractivity contribution is 6.32. The molecule has 2 aromatic heterocycles. The van der Waals surface area contributed by atoms with Gasteiger partial charge in [0.2, 0.25) is 0 Å². The number of pyridine rings is 1. The maximum atomic E-state index is 11.4. The summed E-state index contributed by atoms with van der Waals surface area (Å²) in [7, 11) is 1.32. The molecule has 0 bridgehead atoms. The Balaban J connectivity index is 2.55. The fraction of sp³-hybridized carbons (Fsp3) is 0.273. The highest BCUT2D eigenvalue weighted by Crippen LogP contribution is 2.20. The number of hydrogen-bond acceptors (Lipinski definition) is 4. The average molecular weight is 255 g/mol. The minimum Gasteiger partial charge on any atom is -0.465 e. The third-order valence-electron chi connectivity index (χ3n) is 2.43. The van der Waals surface area contributed by atoms with Gasteiger partial charge in [0.1, 0.15) is 5.82 Å². The molecule has 0 saturated carbocycles. The normalized spacial score (nSPS) is 10.8. The molecular formula is C11H11ClN2O3. The van der Waals surface area contributed by atoms with Gasteiger partial charge in [-0.3, -0.25) is 0 Å². The quantitative estimate of drug-likeness (QED) is 0.839. The van der Waals surface area contributed by atoms with Crippen LogP contribution in [0.2, 0.25) is 5.15 Å². The molecule has 0 amide bonds. The predicted molar refractivity (Wildman–Crippen MR) is 62.3 cm³/mol. The van der Waals surface area contributed by atoms with Crippen molar-refractivity contribution >= 4 is 23.1 Å². The number of esters is 1. The molecule has 0 atom stereocenters. The van der Waals surface area contributed by atoms with E-state index in [-0.39, 0.29) is 6.61 Å². The van der Waals surface area contributed by atoms with Gasteiger partial charge in [0, 0.05) is 12.6 Å². The summed E-state index contributed by atoms with van der Waals surface area (Å²) in [5.74, 6) is 0.234. The number of nitrogens with zero attached hydrogens (tertiary/aromatic N) is 2. The highest BCUT2D eigenvalue weighted by Gasteiger charge is 2.12. The molecule has 0 aliphatic heterocycles. The van der Waals surface area contributed by atoms with Gasteiger partial charge in [-0.15, -0.1) is 0 Å². The van der Waals surface area contributed by atoms with Crippen molar-refractivity contribution in [2.24, 2.45) is 0 Å². The maximum absolute atomic E-state index is 11.4. The van der Waals surface area contributed by atoms with E-state index < -0.39 is 5.97 Å². The first-order valence-corrected chi connectivity index (χ1v) is 5.41. The Kier molecular flexibility index (Phi) is 3.31. The summed E-state index contributed by atoms with van der Waals surface area (Å²) in [5.41, 5.74) is 1.04. The van der Waals surface area contributed by atoms with Crippen LogP contribution >= 0.6 is 11.6 Å². The van der Waals surface area contributed by atoms with Crippen LogP contribution in [0.4, 0.5) is 0 Å². The van der Waals surface area contributed by atoms with Crippen LogP contribution in [-0.4, -0.2) is 34.2 Å². The number of carbonyl (C=O) groups is 1. The van der Waals surface area contributed by atoms with E-state index >= 15 is 0 Å². The molecule has 0 aliphatic rings. The Bertz CT molecular complexity index is 565. The second-order valence-electron chi connectivity index (χ2n) is 3.45. The molecule has 0 aliphatic carbocycles. The molecule has 0 fully saturated rings. The van der Waals surface area contributed by atoms with E-state index in [1.165, 1.54) is 7.11 Å². The number of rotatable bonds is 3. The van der Waals surface area contributed by atoms with E-state index in [9.17, 15) is 4.79 Å². The van der Waals surface area contributed by atoms with E-state index in [1.54, 1.807) is 22.7 Å². The van der Waals surface area contributed by atoms with Crippen LogP contribution in [-0.2, 0) is 11.2 Å². The number of aliphatic hydroxyl groups is 1. The van der Waals surface area contributed by atoms with Gasteiger partial charge in [-0.25, -0.2) is 9.78 Å². The fourth-order valence-corrected chi connectivity index (χ4v) is 1.87. The lowest BCUT2D eigenvalue weighted by Gasteiger charge is -2.02. The van der Waals surface area contributed by atoms with E-state index in [4.69, 9.17) is 16.7 Å². The Labute approximate surface area is 103 Å². The summed E-state index contributed by atoms with van der Waals surface area (Å²) in [6.07, 6.45) is 2.09. The molecule has 2 aromatic rings. The lowest BCUT2D eigenvalue weighted by molar-refractivity contribution is 0.0600. The van der Waals surface area contributed by atoms with Crippen molar-refractivity contribution in [1.29, 1.82) is 0 Å². The molecule has 2 rings (SSSR count).